The molecule has 8 heteroatoms. The number of alkyl halides is 3. The summed E-state index contributed by atoms with van der Waals surface area (Å²) in [5.74, 6) is -1.41. The van der Waals surface area contributed by atoms with Gasteiger partial charge in [0.1, 0.15) is 0 Å². The lowest BCUT2D eigenvalue weighted by atomic mass is 10.1. The van der Waals surface area contributed by atoms with Gasteiger partial charge in [0.25, 0.3) is 5.91 Å². The number of phenols is 1. The number of aliphatic hydroxyl groups excluding tert-OH is 1. The third kappa shape index (κ3) is 3.75. The molecular weight excluding hydrogens is 267 g/mol. The number of para-hydroxylation sites is 1. The summed E-state index contributed by atoms with van der Waals surface area (Å²) in [5.41, 5.74) is -0.242. The van der Waals surface area contributed by atoms with Crippen LogP contribution in [0.25, 0.3) is 0 Å². The Kier molecular flexibility index (Phi) is 4.60. The Morgan fingerprint density at radius 2 is 2.11 bits per heavy atom. The highest BCUT2D eigenvalue weighted by atomic mass is 19.4. The highest BCUT2D eigenvalue weighted by Gasteiger charge is 2.38. The number of hydrogen-bond acceptors (Lipinski definition) is 4. The molecule has 0 spiro atoms. The lowest BCUT2D eigenvalue weighted by Crippen LogP contribution is -2.40. The number of carbonyl (C=O) groups excluding carboxylic acids is 1. The van der Waals surface area contributed by atoms with Crippen molar-refractivity contribution in [3.05, 3.63) is 23.8 Å². The van der Waals surface area contributed by atoms with Crippen molar-refractivity contribution >= 4 is 5.91 Å². The maximum atomic E-state index is 12.0. The van der Waals surface area contributed by atoms with E-state index in [4.69, 9.17) is 9.84 Å². The number of methoxy groups -OCH3 is 1. The molecule has 0 radical (unpaired) electrons. The Bertz CT molecular complexity index is 462. The van der Waals surface area contributed by atoms with Crippen molar-refractivity contribution in [3.8, 4) is 11.5 Å². The minimum Gasteiger partial charge on any atom is -0.504 e. The third-order valence-corrected chi connectivity index (χ3v) is 2.30. The Balaban J connectivity index is 2.75. The van der Waals surface area contributed by atoms with Gasteiger partial charge in [-0.25, -0.2) is 0 Å². The zero-order chi connectivity index (χ0) is 14.6. The molecule has 1 atom stereocenters. The maximum Gasteiger partial charge on any atom is 0.416 e. The monoisotopic (exact) mass is 279 g/mol. The SMILES string of the molecule is COc1cccc(C(=O)NCC(O)C(F)(F)F)c1O. The van der Waals surface area contributed by atoms with Gasteiger partial charge >= 0.3 is 6.18 Å². The minimum atomic E-state index is -4.82. The van der Waals surface area contributed by atoms with Crippen LogP contribution in [0.1, 0.15) is 10.4 Å². The van der Waals surface area contributed by atoms with Crippen molar-refractivity contribution in [2.24, 2.45) is 0 Å². The fraction of sp³-hybridized carbons (Fsp3) is 0.364. The van der Waals surface area contributed by atoms with Gasteiger partial charge in [0, 0.05) is 0 Å². The molecule has 1 amide bonds. The van der Waals surface area contributed by atoms with Crippen LogP contribution in [0.4, 0.5) is 13.2 Å². The van der Waals surface area contributed by atoms with Gasteiger partial charge in [-0.15, -0.1) is 0 Å². The molecule has 1 unspecified atom stereocenters. The molecule has 0 aliphatic heterocycles. The summed E-state index contributed by atoms with van der Waals surface area (Å²) >= 11 is 0. The van der Waals surface area contributed by atoms with Gasteiger partial charge in [0.2, 0.25) is 0 Å². The van der Waals surface area contributed by atoms with Gasteiger partial charge in [0.05, 0.1) is 19.2 Å². The number of hydrogen-bond donors (Lipinski definition) is 3. The smallest absolute Gasteiger partial charge is 0.416 e. The van der Waals surface area contributed by atoms with Crippen LogP contribution in [0.3, 0.4) is 0 Å². The van der Waals surface area contributed by atoms with Crippen LogP contribution in [0.15, 0.2) is 18.2 Å². The number of nitrogens with one attached hydrogen (secondary N) is 1. The standard InChI is InChI=1S/C11H12F3NO4/c1-19-7-4-2-3-6(9(7)17)10(18)15-5-8(16)11(12,13)14/h2-4,8,16-17H,5H2,1H3,(H,15,18). The normalized spacial score (nSPS) is 12.9. The summed E-state index contributed by atoms with van der Waals surface area (Å²) in [5, 5.41) is 20.2. The van der Waals surface area contributed by atoms with Crippen molar-refractivity contribution in [3.63, 3.8) is 0 Å². The Morgan fingerprint density at radius 1 is 1.47 bits per heavy atom. The predicted molar refractivity (Wildman–Crippen MR) is 59.1 cm³/mol. The Morgan fingerprint density at radius 3 is 2.63 bits per heavy atom. The summed E-state index contributed by atoms with van der Waals surface area (Å²) < 4.78 is 40.8. The summed E-state index contributed by atoms with van der Waals surface area (Å²) in [7, 11) is 1.27. The van der Waals surface area contributed by atoms with E-state index in [0.29, 0.717) is 0 Å². The molecule has 0 aliphatic rings. The highest BCUT2D eigenvalue weighted by Crippen LogP contribution is 2.29. The van der Waals surface area contributed by atoms with Crippen LogP contribution in [-0.2, 0) is 0 Å². The van der Waals surface area contributed by atoms with E-state index >= 15 is 0 Å². The third-order valence-electron chi connectivity index (χ3n) is 2.30. The lowest BCUT2D eigenvalue weighted by Gasteiger charge is -2.15. The molecule has 0 bridgehead atoms. The topological polar surface area (TPSA) is 78.8 Å². The molecular formula is C11H12F3NO4. The van der Waals surface area contributed by atoms with Gasteiger partial charge < -0.3 is 20.3 Å². The number of carbonyl (C=O) groups is 1. The number of rotatable bonds is 4. The molecule has 0 fully saturated rings. The number of halogens is 3. The molecule has 19 heavy (non-hydrogen) atoms. The van der Waals surface area contributed by atoms with Gasteiger partial charge in [0.15, 0.2) is 17.6 Å². The molecule has 5 nitrogen and oxygen atoms in total. The molecule has 0 saturated carbocycles. The average molecular weight is 279 g/mol. The largest absolute Gasteiger partial charge is 0.504 e. The van der Waals surface area contributed by atoms with Gasteiger partial charge in [-0.05, 0) is 12.1 Å². The highest BCUT2D eigenvalue weighted by molar-refractivity contribution is 5.97. The van der Waals surface area contributed by atoms with Crippen molar-refractivity contribution in [1.29, 1.82) is 0 Å². The van der Waals surface area contributed by atoms with Crippen molar-refractivity contribution in [1.82, 2.24) is 5.32 Å². The molecule has 0 heterocycles. The molecule has 3 N–H and O–H groups in total. The molecule has 1 rings (SSSR count). The van der Waals surface area contributed by atoms with E-state index < -0.39 is 30.5 Å². The average Bonchev–Trinajstić information content (AvgIpc) is 2.34. The van der Waals surface area contributed by atoms with E-state index in [1.165, 1.54) is 25.3 Å². The molecule has 1 aromatic carbocycles. The predicted octanol–water partition coefficient (Wildman–Crippen LogP) is 1.05. The van der Waals surface area contributed by atoms with E-state index in [-0.39, 0.29) is 11.3 Å². The van der Waals surface area contributed by atoms with Crippen LogP contribution in [-0.4, -0.2) is 42.1 Å². The second-order valence-corrected chi connectivity index (χ2v) is 3.62. The van der Waals surface area contributed by atoms with Crippen LogP contribution < -0.4 is 10.1 Å². The number of amides is 1. The maximum absolute atomic E-state index is 12.0. The minimum absolute atomic E-state index is 0.0176. The molecule has 0 aromatic heterocycles. The van der Waals surface area contributed by atoms with E-state index in [1.807, 2.05) is 5.32 Å². The van der Waals surface area contributed by atoms with Crippen LogP contribution in [0.5, 0.6) is 11.5 Å². The van der Waals surface area contributed by atoms with Crippen LogP contribution >= 0.6 is 0 Å². The second-order valence-electron chi connectivity index (χ2n) is 3.62. The summed E-state index contributed by atoms with van der Waals surface area (Å²) in [6, 6.07) is 4.00. The fourth-order valence-electron chi connectivity index (χ4n) is 1.27. The fourth-order valence-corrected chi connectivity index (χ4v) is 1.27. The van der Waals surface area contributed by atoms with Crippen molar-refractivity contribution in [2.45, 2.75) is 12.3 Å². The molecule has 106 valence electrons. The Labute approximate surface area is 106 Å². The van der Waals surface area contributed by atoms with Crippen LogP contribution in [0, 0.1) is 0 Å². The first kappa shape index (κ1) is 15.1. The summed E-state index contributed by atoms with van der Waals surface area (Å²) in [4.78, 5) is 11.6. The Hall–Kier alpha value is -1.96. The number of phenolic OH excluding ortho intramolecular Hbond substituents is 1. The van der Waals surface area contributed by atoms with Gasteiger partial charge in [-0.2, -0.15) is 13.2 Å². The van der Waals surface area contributed by atoms with Crippen LogP contribution in [0.2, 0.25) is 0 Å². The number of aliphatic hydroxyl groups is 1. The first-order chi connectivity index (χ1) is 8.77. The van der Waals surface area contributed by atoms with E-state index in [0.717, 1.165) is 0 Å². The number of benzene rings is 1. The summed E-state index contributed by atoms with van der Waals surface area (Å²) in [6.07, 6.45) is -7.48. The number of ether oxygens (including phenoxy) is 1. The van der Waals surface area contributed by atoms with E-state index in [9.17, 15) is 23.1 Å². The molecule has 0 aliphatic carbocycles. The quantitative estimate of drug-likeness (QED) is 0.770. The van der Waals surface area contributed by atoms with Crippen molar-refractivity contribution in [2.75, 3.05) is 13.7 Å². The van der Waals surface area contributed by atoms with Gasteiger partial charge in [-0.1, -0.05) is 6.07 Å². The summed E-state index contributed by atoms with van der Waals surface area (Å²) in [6.45, 7) is -1.00. The molecule has 1 aromatic rings. The zero-order valence-electron chi connectivity index (χ0n) is 9.86. The van der Waals surface area contributed by atoms with E-state index in [1.54, 1.807) is 0 Å². The van der Waals surface area contributed by atoms with Gasteiger partial charge in [-0.3, -0.25) is 4.79 Å². The molecule has 0 saturated heterocycles. The first-order valence-corrected chi connectivity index (χ1v) is 5.16. The lowest BCUT2D eigenvalue weighted by molar-refractivity contribution is -0.201. The second kappa shape index (κ2) is 5.79. The zero-order valence-corrected chi connectivity index (χ0v) is 9.86. The van der Waals surface area contributed by atoms with E-state index in [2.05, 4.69) is 0 Å². The number of aromatic hydroxyl groups is 1. The van der Waals surface area contributed by atoms with Crippen molar-refractivity contribution < 1.29 is 32.9 Å². The first-order valence-electron chi connectivity index (χ1n) is 5.16.